The topological polar surface area (TPSA) is 53.7 Å². The van der Waals surface area contributed by atoms with Crippen LogP contribution in [0.15, 0.2) is 57.8 Å². The zero-order chi connectivity index (χ0) is 18.3. The van der Waals surface area contributed by atoms with E-state index in [2.05, 4.69) is 18.0 Å². The van der Waals surface area contributed by atoms with Gasteiger partial charge in [-0.1, -0.05) is 35.9 Å². The van der Waals surface area contributed by atoms with Gasteiger partial charge in [-0.2, -0.15) is 0 Å². The molecule has 0 amide bonds. The highest BCUT2D eigenvalue weighted by atomic mass is 16.3. The van der Waals surface area contributed by atoms with Crippen molar-refractivity contribution in [1.29, 1.82) is 0 Å². The highest BCUT2D eigenvalue weighted by molar-refractivity contribution is 5.94. The molecule has 132 valence electrons. The highest BCUT2D eigenvalue weighted by Gasteiger charge is 2.18. The van der Waals surface area contributed by atoms with Gasteiger partial charge >= 0.3 is 0 Å². The van der Waals surface area contributed by atoms with Crippen LogP contribution in [0.5, 0.6) is 5.75 Å². The average molecular weight is 347 g/mol. The van der Waals surface area contributed by atoms with Crippen LogP contribution in [0.4, 0.5) is 0 Å². The standard InChI is InChI=1S/C22H21NO3/c1-14-3-5-16(6-4-14)20-13-19(25)21-18(24)8-7-17(22(21)26-20)15-9-11-23(2)12-10-15/h3-9,13,24H,10-12H2,1-2H3. The summed E-state index contributed by atoms with van der Waals surface area (Å²) in [4.78, 5) is 14.9. The van der Waals surface area contributed by atoms with Gasteiger partial charge in [0.25, 0.3) is 0 Å². The van der Waals surface area contributed by atoms with E-state index in [4.69, 9.17) is 4.42 Å². The molecule has 0 saturated heterocycles. The number of hydrogen-bond acceptors (Lipinski definition) is 4. The second kappa shape index (κ2) is 6.46. The quantitative estimate of drug-likeness (QED) is 0.755. The summed E-state index contributed by atoms with van der Waals surface area (Å²) in [5.74, 6) is 0.476. The van der Waals surface area contributed by atoms with Crippen molar-refractivity contribution in [1.82, 2.24) is 4.90 Å². The Balaban J connectivity index is 1.95. The zero-order valence-corrected chi connectivity index (χ0v) is 15.0. The maximum absolute atomic E-state index is 12.7. The van der Waals surface area contributed by atoms with E-state index in [1.807, 2.05) is 37.3 Å². The summed E-state index contributed by atoms with van der Waals surface area (Å²) in [6.45, 7) is 3.83. The van der Waals surface area contributed by atoms with Gasteiger partial charge in [-0.05, 0) is 38.1 Å². The molecule has 2 aromatic carbocycles. The van der Waals surface area contributed by atoms with E-state index in [1.54, 1.807) is 6.07 Å². The van der Waals surface area contributed by atoms with Gasteiger partial charge in [-0.3, -0.25) is 4.79 Å². The van der Waals surface area contributed by atoms with Crippen LogP contribution in [-0.4, -0.2) is 30.1 Å². The van der Waals surface area contributed by atoms with Crippen LogP contribution in [0, 0.1) is 6.92 Å². The fourth-order valence-corrected chi connectivity index (χ4v) is 3.38. The van der Waals surface area contributed by atoms with Crippen molar-refractivity contribution in [3.05, 3.63) is 69.9 Å². The van der Waals surface area contributed by atoms with Gasteiger partial charge < -0.3 is 14.4 Å². The van der Waals surface area contributed by atoms with Gasteiger partial charge in [0.1, 0.15) is 22.5 Å². The summed E-state index contributed by atoms with van der Waals surface area (Å²) in [6, 6.07) is 12.7. The summed E-state index contributed by atoms with van der Waals surface area (Å²) in [7, 11) is 2.08. The Bertz CT molecular complexity index is 1060. The molecule has 0 bridgehead atoms. The molecule has 0 atom stereocenters. The van der Waals surface area contributed by atoms with Crippen molar-refractivity contribution in [2.75, 3.05) is 20.1 Å². The second-order valence-corrected chi connectivity index (χ2v) is 6.92. The molecular formula is C22H21NO3. The molecule has 1 aliphatic heterocycles. The van der Waals surface area contributed by atoms with Crippen molar-refractivity contribution in [2.24, 2.45) is 0 Å². The summed E-state index contributed by atoms with van der Waals surface area (Å²) >= 11 is 0. The van der Waals surface area contributed by atoms with Crippen LogP contribution in [0.1, 0.15) is 17.5 Å². The van der Waals surface area contributed by atoms with Gasteiger partial charge in [0, 0.05) is 30.3 Å². The Morgan fingerprint density at radius 1 is 1.12 bits per heavy atom. The molecule has 0 aliphatic carbocycles. The Morgan fingerprint density at radius 3 is 2.58 bits per heavy atom. The van der Waals surface area contributed by atoms with E-state index < -0.39 is 0 Å². The van der Waals surface area contributed by atoms with Crippen molar-refractivity contribution in [3.63, 3.8) is 0 Å². The number of aromatic hydroxyl groups is 1. The molecule has 1 aromatic heterocycles. The average Bonchev–Trinajstić information content (AvgIpc) is 2.63. The molecule has 26 heavy (non-hydrogen) atoms. The van der Waals surface area contributed by atoms with Crippen molar-refractivity contribution < 1.29 is 9.52 Å². The van der Waals surface area contributed by atoms with Crippen LogP contribution in [0.2, 0.25) is 0 Å². The number of rotatable bonds is 2. The van der Waals surface area contributed by atoms with Gasteiger partial charge in [-0.25, -0.2) is 0 Å². The predicted molar refractivity (Wildman–Crippen MR) is 104 cm³/mol. The SMILES string of the molecule is Cc1ccc(-c2cc(=O)c3c(O)ccc(C4=CCN(C)CC4)c3o2)cc1. The molecular weight excluding hydrogens is 326 g/mol. The fraction of sp³-hybridized carbons (Fsp3) is 0.227. The lowest BCUT2D eigenvalue weighted by molar-refractivity contribution is 0.370. The second-order valence-electron chi connectivity index (χ2n) is 6.92. The van der Waals surface area contributed by atoms with E-state index in [9.17, 15) is 9.90 Å². The number of aryl methyl sites for hydroxylation is 1. The number of fused-ring (bicyclic) bond motifs is 1. The Labute approximate surface area is 152 Å². The maximum Gasteiger partial charge on any atom is 0.197 e. The number of phenols is 1. The monoisotopic (exact) mass is 347 g/mol. The van der Waals surface area contributed by atoms with Crippen LogP contribution >= 0.6 is 0 Å². The van der Waals surface area contributed by atoms with Crippen molar-refractivity contribution in [3.8, 4) is 17.1 Å². The largest absolute Gasteiger partial charge is 0.507 e. The highest BCUT2D eigenvalue weighted by Crippen LogP contribution is 2.34. The molecule has 4 rings (SSSR count). The van der Waals surface area contributed by atoms with Crippen molar-refractivity contribution >= 4 is 16.5 Å². The predicted octanol–water partition coefficient (Wildman–Crippen LogP) is 4.19. The van der Waals surface area contributed by atoms with Crippen LogP contribution in [0.3, 0.4) is 0 Å². The Morgan fingerprint density at radius 2 is 1.88 bits per heavy atom. The van der Waals surface area contributed by atoms with Crippen LogP contribution in [-0.2, 0) is 0 Å². The molecule has 0 fully saturated rings. The normalized spacial score (nSPS) is 15.2. The molecule has 0 radical (unpaired) electrons. The molecule has 4 nitrogen and oxygen atoms in total. The molecule has 4 heteroatoms. The van der Waals surface area contributed by atoms with Crippen molar-refractivity contribution in [2.45, 2.75) is 13.3 Å². The number of nitrogens with zero attached hydrogens (tertiary/aromatic N) is 1. The fourth-order valence-electron chi connectivity index (χ4n) is 3.38. The van der Waals surface area contributed by atoms with E-state index in [0.717, 1.165) is 41.8 Å². The third-order valence-corrected chi connectivity index (χ3v) is 4.95. The first-order valence-electron chi connectivity index (χ1n) is 8.78. The van der Waals surface area contributed by atoms with Crippen LogP contribution in [0.25, 0.3) is 27.9 Å². The van der Waals surface area contributed by atoms with E-state index in [0.29, 0.717) is 11.3 Å². The molecule has 3 aromatic rings. The summed E-state index contributed by atoms with van der Waals surface area (Å²) < 4.78 is 6.15. The van der Waals surface area contributed by atoms with E-state index in [1.165, 1.54) is 6.07 Å². The molecule has 2 heterocycles. The van der Waals surface area contributed by atoms with Gasteiger partial charge in [0.2, 0.25) is 0 Å². The summed E-state index contributed by atoms with van der Waals surface area (Å²) in [6.07, 6.45) is 3.04. The minimum atomic E-state index is -0.227. The Hall–Kier alpha value is -2.85. The molecule has 0 saturated carbocycles. The molecule has 0 spiro atoms. The van der Waals surface area contributed by atoms with Gasteiger partial charge in [-0.15, -0.1) is 0 Å². The maximum atomic E-state index is 12.7. The first kappa shape index (κ1) is 16.6. The summed E-state index contributed by atoms with van der Waals surface area (Å²) in [5.41, 5.74) is 4.26. The zero-order valence-electron chi connectivity index (χ0n) is 15.0. The van der Waals surface area contributed by atoms with Gasteiger partial charge in [0.05, 0.1) is 0 Å². The molecule has 1 N–H and O–H groups in total. The third-order valence-electron chi connectivity index (χ3n) is 4.95. The molecule has 1 aliphatic rings. The first-order valence-corrected chi connectivity index (χ1v) is 8.78. The molecule has 0 unspecified atom stereocenters. The summed E-state index contributed by atoms with van der Waals surface area (Å²) in [5, 5.41) is 10.5. The first-order chi connectivity index (χ1) is 12.5. The lowest BCUT2D eigenvalue weighted by Crippen LogP contribution is -2.23. The number of phenolic OH excluding ortho intramolecular Hbond substituents is 1. The Kier molecular flexibility index (Phi) is 4.13. The van der Waals surface area contributed by atoms with E-state index >= 15 is 0 Å². The number of hydrogen-bond donors (Lipinski definition) is 1. The lowest BCUT2D eigenvalue weighted by Gasteiger charge is -2.22. The van der Waals surface area contributed by atoms with E-state index in [-0.39, 0.29) is 16.6 Å². The minimum absolute atomic E-state index is 0.0403. The smallest absolute Gasteiger partial charge is 0.197 e. The van der Waals surface area contributed by atoms with Gasteiger partial charge in [0.15, 0.2) is 5.43 Å². The number of likely N-dealkylation sites (N-methyl/N-ethyl adjacent to an activating group) is 1. The van der Waals surface area contributed by atoms with Crippen LogP contribution < -0.4 is 5.43 Å². The third kappa shape index (κ3) is 2.93. The minimum Gasteiger partial charge on any atom is -0.507 e. The number of benzene rings is 2. The lowest BCUT2D eigenvalue weighted by atomic mass is 9.97.